The molecular weight excluding hydrogens is 294 g/mol. The van der Waals surface area contributed by atoms with Gasteiger partial charge in [-0.1, -0.05) is 11.3 Å². The van der Waals surface area contributed by atoms with Crippen LogP contribution in [0.5, 0.6) is 0 Å². The third-order valence-corrected chi connectivity index (χ3v) is 4.59. The Morgan fingerprint density at radius 1 is 1.21 bits per heavy atom. The summed E-state index contributed by atoms with van der Waals surface area (Å²) in [5, 5.41) is 35.5. The Labute approximate surface area is 112 Å². The van der Waals surface area contributed by atoms with Crippen molar-refractivity contribution in [1.82, 2.24) is 0 Å². The third-order valence-electron chi connectivity index (χ3n) is 2.57. The number of hydrogen-bond donors (Lipinski definition) is 0. The van der Waals surface area contributed by atoms with E-state index in [1.54, 1.807) is 0 Å². The first kappa shape index (κ1) is 11.7. The van der Waals surface area contributed by atoms with Gasteiger partial charge in [-0.15, -0.1) is 0 Å². The fourth-order valence-electron chi connectivity index (χ4n) is 1.85. The number of fused-ring (bicyclic) bond motifs is 3. The molecule has 8 nitrogen and oxygen atoms in total. The molecule has 0 atom stereocenters. The molecule has 96 valence electrons. The molecule has 0 aliphatic rings. The zero-order chi connectivity index (χ0) is 13.7. The van der Waals surface area contributed by atoms with Crippen LogP contribution < -0.4 is 4.73 Å². The van der Waals surface area contributed by atoms with Gasteiger partial charge in [0.15, 0.2) is 6.20 Å². The van der Waals surface area contributed by atoms with E-state index in [0.717, 1.165) is 11.3 Å². The maximum Gasteiger partial charge on any atom is 0.333 e. The summed E-state index contributed by atoms with van der Waals surface area (Å²) in [4.78, 5) is 20.6. The molecule has 3 aromatic rings. The standard InChI is InChI=1S/C9H3N3O5S2/c13-10-2-4-3-18-9(12(16)17)7(4)5-1-6(11(14)15)19-8(5)10/h1-3H. The second-order valence-electron chi connectivity index (χ2n) is 3.64. The van der Waals surface area contributed by atoms with Crippen molar-refractivity contribution in [3.63, 3.8) is 0 Å². The summed E-state index contributed by atoms with van der Waals surface area (Å²) in [5.41, 5.74) is 0. The molecule has 0 aliphatic heterocycles. The first-order valence-electron chi connectivity index (χ1n) is 4.84. The number of rotatable bonds is 2. The first-order chi connectivity index (χ1) is 8.99. The molecule has 0 saturated heterocycles. The van der Waals surface area contributed by atoms with Crippen molar-refractivity contribution in [2.24, 2.45) is 0 Å². The van der Waals surface area contributed by atoms with Crippen molar-refractivity contribution in [2.75, 3.05) is 0 Å². The molecule has 0 unspecified atom stereocenters. The van der Waals surface area contributed by atoms with Crippen molar-refractivity contribution in [3.8, 4) is 0 Å². The quantitative estimate of drug-likeness (QED) is 0.312. The number of pyridine rings is 1. The molecule has 0 amide bonds. The molecule has 3 rings (SSSR count). The Balaban J connectivity index is 2.51. The summed E-state index contributed by atoms with van der Waals surface area (Å²) in [6, 6.07) is 1.20. The van der Waals surface area contributed by atoms with Crippen LogP contribution in [-0.2, 0) is 0 Å². The molecule has 3 aromatic heterocycles. The summed E-state index contributed by atoms with van der Waals surface area (Å²) >= 11 is 1.60. The van der Waals surface area contributed by atoms with Gasteiger partial charge in [-0.05, 0) is 0 Å². The largest absolute Gasteiger partial charge is 0.618 e. The predicted octanol–water partition coefficient (Wildman–Crippen LogP) is 2.57. The van der Waals surface area contributed by atoms with Gasteiger partial charge in [0.1, 0.15) is 0 Å². The molecule has 0 N–H and O–H groups in total. The molecule has 0 radical (unpaired) electrons. The molecule has 10 heteroatoms. The van der Waals surface area contributed by atoms with Gasteiger partial charge in [0.2, 0.25) is 0 Å². The van der Waals surface area contributed by atoms with Gasteiger partial charge in [-0.3, -0.25) is 20.2 Å². The minimum Gasteiger partial charge on any atom is -0.618 e. The van der Waals surface area contributed by atoms with Crippen molar-refractivity contribution >= 4 is 53.7 Å². The SMILES string of the molecule is O=[N+]([O-])c1cc2c3c([N+](=O)[O-])scc3c[n+]([O-])c2s1. The number of aromatic nitrogens is 1. The third kappa shape index (κ3) is 1.61. The summed E-state index contributed by atoms with van der Waals surface area (Å²) in [6.07, 6.45) is 1.20. The van der Waals surface area contributed by atoms with Crippen LogP contribution in [0.4, 0.5) is 10.0 Å². The lowest BCUT2D eigenvalue weighted by molar-refractivity contribution is -0.573. The molecule has 0 spiro atoms. The van der Waals surface area contributed by atoms with E-state index in [1.807, 2.05) is 0 Å². The van der Waals surface area contributed by atoms with Gasteiger partial charge < -0.3 is 5.21 Å². The molecule has 19 heavy (non-hydrogen) atoms. The molecule has 3 heterocycles. The molecule has 0 aromatic carbocycles. The fourth-order valence-corrected chi connectivity index (χ4v) is 3.56. The zero-order valence-electron chi connectivity index (χ0n) is 8.93. The second-order valence-corrected chi connectivity index (χ2v) is 5.51. The van der Waals surface area contributed by atoms with E-state index in [0.29, 0.717) is 21.5 Å². The van der Waals surface area contributed by atoms with Gasteiger partial charge >= 0.3 is 10.0 Å². The van der Waals surface area contributed by atoms with Crippen LogP contribution >= 0.6 is 22.7 Å². The number of thiophene rings is 2. The number of nitro groups is 2. The average Bonchev–Trinajstić information content (AvgIpc) is 2.90. The van der Waals surface area contributed by atoms with E-state index in [-0.39, 0.29) is 25.6 Å². The molecule has 0 saturated carbocycles. The van der Waals surface area contributed by atoms with Crippen LogP contribution in [0.2, 0.25) is 0 Å². The maximum atomic E-state index is 11.7. The van der Waals surface area contributed by atoms with Gasteiger partial charge in [-0.25, -0.2) is 0 Å². The average molecular weight is 297 g/mol. The minimum absolute atomic E-state index is 0.0979. The topological polar surface area (TPSA) is 113 Å². The van der Waals surface area contributed by atoms with E-state index < -0.39 is 9.85 Å². The van der Waals surface area contributed by atoms with E-state index in [1.165, 1.54) is 17.6 Å². The Hall–Kier alpha value is -2.33. The van der Waals surface area contributed by atoms with Crippen LogP contribution in [0.3, 0.4) is 0 Å². The van der Waals surface area contributed by atoms with Gasteiger partial charge in [0.25, 0.3) is 4.83 Å². The van der Waals surface area contributed by atoms with Crippen LogP contribution in [-0.4, -0.2) is 9.85 Å². The Morgan fingerprint density at radius 3 is 2.58 bits per heavy atom. The normalized spacial score (nSPS) is 11.2. The van der Waals surface area contributed by atoms with Gasteiger partial charge in [-0.2, -0.15) is 4.73 Å². The predicted molar refractivity (Wildman–Crippen MR) is 69.5 cm³/mol. The number of nitrogens with zero attached hydrogens (tertiary/aromatic N) is 3. The van der Waals surface area contributed by atoms with Crippen LogP contribution in [0.15, 0.2) is 17.6 Å². The van der Waals surface area contributed by atoms with Crippen LogP contribution in [0, 0.1) is 25.4 Å². The monoisotopic (exact) mass is 297 g/mol. The van der Waals surface area contributed by atoms with E-state index >= 15 is 0 Å². The second kappa shape index (κ2) is 3.83. The Morgan fingerprint density at radius 2 is 1.95 bits per heavy atom. The Kier molecular flexibility index (Phi) is 2.37. The molecular formula is C9H3N3O5S2. The summed E-state index contributed by atoms with van der Waals surface area (Å²) in [5.74, 6) is 0. The summed E-state index contributed by atoms with van der Waals surface area (Å²) in [7, 11) is 0. The number of hydrogen-bond acceptors (Lipinski definition) is 7. The summed E-state index contributed by atoms with van der Waals surface area (Å²) < 4.78 is 0.506. The molecule has 0 fully saturated rings. The highest BCUT2D eigenvalue weighted by molar-refractivity contribution is 7.21. The molecule has 0 bridgehead atoms. The van der Waals surface area contributed by atoms with Crippen LogP contribution in [0.1, 0.15) is 0 Å². The first-order valence-corrected chi connectivity index (χ1v) is 6.54. The lowest BCUT2D eigenvalue weighted by atomic mass is 10.2. The van der Waals surface area contributed by atoms with E-state index in [4.69, 9.17) is 0 Å². The highest BCUT2D eigenvalue weighted by Gasteiger charge is 2.26. The van der Waals surface area contributed by atoms with Crippen molar-refractivity contribution in [2.45, 2.75) is 0 Å². The van der Waals surface area contributed by atoms with E-state index in [9.17, 15) is 25.4 Å². The van der Waals surface area contributed by atoms with Crippen molar-refractivity contribution in [3.05, 3.63) is 43.1 Å². The fraction of sp³-hybridized carbons (Fsp3) is 0. The van der Waals surface area contributed by atoms with Gasteiger partial charge in [0, 0.05) is 22.8 Å². The highest BCUT2D eigenvalue weighted by atomic mass is 32.1. The lowest BCUT2D eigenvalue weighted by Gasteiger charge is -1.97. The lowest BCUT2D eigenvalue weighted by Crippen LogP contribution is -2.24. The zero-order valence-corrected chi connectivity index (χ0v) is 10.6. The Bertz CT molecular complexity index is 852. The molecule has 0 aliphatic carbocycles. The van der Waals surface area contributed by atoms with E-state index in [2.05, 4.69) is 0 Å². The van der Waals surface area contributed by atoms with Crippen molar-refractivity contribution in [1.29, 1.82) is 0 Å². The minimum atomic E-state index is -0.616. The maximum absolute atomic E-state index is 11.7. The van der Waals surface area contributed by atoms with Gasteiger partial charge in [0.05, 0.1) is 26.0 Å². The summed E-state index contributed by atoms with van der Waals surface area (Å²) in [6.45, 7) is 0. The van der Waals surface area contributed by atoms with Crippen molar-refractivity contribution < 1.29 is 14.6 Å². The smallest absolute Gasteiger partial charge is 0.333 e. The highest BCUT2D eigenvalue weighted by Crippen LogP contribution is 2.40. The van der Waals surface area contributed by atoms with Crippen LogP contribution in [0.25, 0.3) is 21.0 Å².